The third kappa shape index (κ3) is 3.54. The molecule has 0 aliphatic rings. The van der Waals surface area contributed by atoms with E-state index >= 15 is 0 Å². The van der Waals surface area contributed by atoms with Gasteiger partial charge in [0.1, 0.15) is 0 Å². The van der Waals surface area contributed by atoms with Crippen LogP contribution >= 0.6 is 43.2 Å². The van der Waals surface area contributed by atoms with Crippen molar-refractivity contribution in [3.8, 4) is 0 Å². The fourth-order valence-corrected chi connectivity index (χ4v) is 3.60. The van der Waals surface area contributed by atoms with E-state index in [2.05, 4.69) is 55.2 Å². The van der Waals surface area contributed by atoms with Gasteiger partial charge in [-0.2, -0.15) is 0 Å². The average Bonchev–Trinajstić information content (AvgIpc) is 2.72. The van der Waals surface area contributed by atoms with Gasteiger partial charge in [-0.15, -0.1) is 0 Å². The molecule has 0 spiro atoms. The second kappa shape index (κ2) is 6.14. The van der Waals surface area contributed by atoms with Crippen molar-refractivity contribution in [2.45, 2.75) is 19.5 Å². The summed E-state index contributed by atoms with van der Waals surface area (Å²) in [7, 11) is 0. The van der Waals surface area contributed by atoms with Gasteiger partial charge in [-0.3, -0.25) is 4.79 Å². The summed E-state index contributed by atoms with van der Waals surface area (Å²) in [5, 5.41) is 5.23. The van der Waals surface area contributed by atoms with E-state index in [4.69, 9.17) is 0 Å². The number of hydrogen-bond donors (Lipinski definition) is 2. The highest BCUT2D eigenvalue weighted by Gasteiger charge is 2.09. The molecule has 0 amide bonds. The normalized spacial score (nSPS) is 12.6. The third-order valence-corrected chi connectivity index (χ3v) is 4.50. The van der Waals surface area contributed by atoms with Gasteiger partial charge in [0, 0.05) is 32.6 Å². The van der Waals surface area contributed by atoms with Gasteiger partial charge >= 0.3 is 4.87 Å². The second-order valence-corrected chi connectivity index (χ2v) is 6.55. The molecule has 3 nitrogen and oxygen atoms in total. The van der Waals surface area contributed by atoms with Crippen LogP contribution in [0.2, 0.25) is 0 Å². The molecule has 18 heavy (non-hydrogen) atoms. The fraction of sp³-hybridized carbons (Fsp3) is 0.250. The van der Waals surface area contributed by atoms with Crippen molar-refractivity contribution in [1.82, 2.24) is 10.3 Å². The number of aromatic nitrogens is 1. The van der Waals surface area contributed by atoms with Crippen molar-refractivity contribution >= 4 is 43.2 Å². The lowest BCUT2D eigenvalue weighted by atomic mass is 10.1. The average molecular weight is 392 g/mol. The van der Waals surface area contributed by atoms with Crippen LogP contribution in [0.5, 0.6) is 0 Å². The summed E-state index contributed by atoms with van der Waals surface area (Å²) >= 11 is 8.18. The lowest BCUT2D eigenvalue weighted by Crippen LogP contribution is -2.19. The van der Waals surface area contributed by atoms with Crippen LogP contribution in [0.4, 0.5) is 0 Å². The van der Waals surface area contributed by atoms with Gasteiger partial charge in [0.15, 0.2) is 0 Å². The molecule has 2 aromatic rings. The molecule has 1 aromatic heterocycles. The Kier molecular flexibility index (Phi) is 4.77. The second-order valence-electron chi connectivity index (χ2n) is 3.94. The van der Waals surface area contributed by atoms with Crippen LogP contribution in [0.1, 0.15) is 24.2 Å². The largest absolute Gasteiger partial charge is 0.315 e. The predicted octanol–water partition coefficient (Wildman–Crippen LogP) is 3.81. The maximum absolute atomic E-state index is 11.0. The van der Waals surface area contributed by atoms with Crippen molar-refractivity contribution in [1.29, 1.82) is 0 Å². The smallest absolute Gasteiger partial charge is 0.304 e. The van der Waals surface area contributed by atoms with Crippen molar-refractivity contribution in [2.75, 3.05) is 0 Å². The molecule has 0 bridgehead atoms. The van der Waals surface area contributed by atoms with Crippen LogP contribution < -0.4 is 10.2 Å². The SMILES string of the molecule is CC(NCc1csc(=O)[nH]1)c1ccc(Br)cc1Br. The van der Waals surface area contributed by atoms with Crippen molar-refractivity contribution in [3.63, 3.8) is 0 Å². The molecule has 0 fully saturated rings. The molecular formula is C12H12Br2N2OS. The van der Waals surface area contributed by atoms with E-state index in [1.54, 1.807) is 0 Å². The van der Waals surface area contributed by atoms with E-state index in [1.807, 2.05) is 17.5 Å². The molecule has 0 saturated heterocycles. The molecule has 0 radical (unpaired) electrons. The number of rotatable bonds is 4. The van der Waals surface area contributed by atoms with Crippen LogP contribution in [-0.4, -0.2) is 4.98 Å². The van der Waals surface area contributed by atoms with E-state index in [9.17, 15) is 4.79 Å². The predicted molar refractivity (Wildman–Crippen MR) is 82.0 cm³/mol. The zero-order valence-corrected chi connectivity index (χ0v) is 13.7. The highest BCUT2D eigenvalue weighted by Crippen LogP contribution is 2.26. The van der Waals surface area contributed by atoms with Crippen molar-refractivity contribution in [2.24, 2.45) is 0 Å². The van der Waals surface area contributed by atoms with E-state index in [0.717, 1.165) is 14.6 Å². The topological polar surface area (TPSA) is 44.9 Å². The van der Waals surface area contributed by atoms with Gasteiger partial charge in [0.25, 0.3) is 0 Å². The minimum absolute atomic E-state index is 0.00993. The first-order chi connectivity index (χ1) is 8.56. The molecule has 1 atom stereocenters. The van der Waals surface area contributed by atoms with Crippen LogP contribution in [0, 0.1) is 0 Å². The Morgan fingerprint density at radius 1 is 1.44 bits per heavy atom. The van der Waals surface area contributed by atoms with Crippen LogP contribution in [0.15, 0.2) is 37.3 Å². The van der Waals surface area contributed by atoms with Gasteiger partial charge in [-0.25, -0.2) is 0 Å². The summed E-state index contributed by atoms with van der Waals surface area (Å²) in [4.78, 5) is 13.8. The Morgan fingerprint density at radius 2 is 2.22 bits per heavy atom. The molecule has 6 heteroatoms. The Balaban J connectivity index is 2.03. The minimum atomic E-state index is -0.00993. The summed E-state index contributed by atoms with van der Waals surface area (Å²) in [5.74, 6) is 0. The number of thiazole rings is 1. The molecule has 0 saturated carbocycles. The Labute approximate surface area is 126 Å². The first-order valence-electron chi connectivity index (χ1n) is 5.41. The Bertz CT molecular complexity index is 594. The highest BCUT2D eigenvalue weighted by molar-refractivity contribution is 9.11. The molecule has 0 aliphatic heterocycles. The van der Waals surface area contributed by atoms with Crippen molar-refractivity contribution in [3.05, 3.63) is 53.4 Å². The number of halogens is 2. The number of hydrogen-bond acceptors (Lipinski definition) is 3. The number of benzene rings is 1. The van der Waals surface area contributed by atoms with Gasteiger partial charge in [-0.1, -0.05) is 49.3 Å². The van der Waals surface area contributed by atoms with Crippen LogP contribution in [-0.2, 0) is 6.54 Å². The zero-order valence-electron chi connectivity index (χ0n) is 9.67. The zero-order chi connectivity index (χ0) is 13.1. The Hall–Kier alpha value is -0.430. The monoisotopic (exact) mass is 390 g/mol. The molecule has 1 unspecified atom stereocenters. The number of aromatic amines is 1. The maximum atomic E-state index is 11.0. The molecule has 2 rings (SSSR count). The molecule has 1 aromatic carbocycles. The summed E-state index contributed by atoms with van der Waals surface area (Å²) in [6.07, 6.45) is 0. The lowest BCUT2D eigenvalue weighted by Gasteiger charge is -2.15. The highest BCUT2D eigenvalue weighted by atomic mass is 79.9. The van der Waals surface area contributed by atoms with E-state index in [0.29, 0.717) is 6.54 Å². The molecule has 96 valence electrons. The van der Waals surface area contributed by atoms with Gasteiger partial charge in [0.2, 0.25) is 0 Å². The first kappa shape index (κ1) is 14.0. The van der Waals surface area contributed by atoms with E-state index < -0.39 is 0 Å². The lowest BCUT2D eigenvalue weighted by molar-refractivity contribution is 0.567. The molecular weight excluding hydrogens is 380 g/mol. The quantitative estimate of drug-likeness (QED) is 0.832. The third-order valence-electron chi connectivity index (χ3n) is 2.60. The summed E-state index contributed by atoms with van der Waals surface area (Å²) in [5.41, 5.74) is 2.11. The van der Waals surface area contributed by atoms with Crippen LogP contribution in [0.3, 0.4) is 0 Å². The molecule has 1 heterocycles. The molecule has 0 aliphatic carbocycles. The fourth-order valence-electron chi connectivity index (χ4n) is 1.63. The summed E-state index contributed by atoms with van der Waals surface area (Å²) in [6, 6.07) is 6.32. The first-order valence-corrected chi connectivity index (χ1v) is 7.88. The minimum Gasteiger partial charge on any atom is -0.315 e. The van der Waals surface area contributed by atoms with Gasteiger partial charge in [-0.05, 0) is 24.6 Å². The van der Waals surface area contributed by atoms with E-state index in [1.165, 1.54) is 16.9 Å². The maximum Gasteiger partial charge on any atom is 0.304 e. The molecule has 2 N–H and O–H groups in total. The van der Waals surface area contributed by atoms with Gasteiger partial charge in [0.05, 0.1) is 0 Å². The van der Waals surface area contributed by atoms with Crippen LogP contribution in [0.25, 0.3) is 0 Å². The van der Waals surface area contributed by atoms with E-state index in [-0.39, 0.29) is 10.9 Å². The number of nitrogens with one attached hydrogen (secondary N) is 2. The Morgan fingerprint density at radius 3 is 2.83 bits per heavy atom. The number of H-pyrrole nitrogens is 1. The summed E-state index contributed by atoms with van der Waals surface area (Å²) < 4.78 is 2.11. The standard InChI is InChI=1S/C12H12Br2N2OS/c1-7(10-3-2-8(13)4-11(10)14)15-5-9-6-18-12(17)16-9/h2-4,6-7,15H,5H2,1H3,(H,16,17). The summed E-state index contributed by atoms with van der Waals surface area (Å²) in [6.45, 7) is 2.75. The van der Waals surface area contributed by atoms with Crippen molar-refractivity contribution < 1.29 is 0 Å². The van der Waals surface area contributed by atoms with Gasteiger partial charge < -0.3 is 10.3 Å².